The SMILES string of the molecule is O=C(NC1CCC(C(F)(F)F)CC1)c1cc2[nH]c(Cc3cc(CNC(=O)C4CC4(F)F)ccc3C(F)(F)F)nc2nc1OCC(F)F. The van der Waals surface area contributed by atoms with Crippen molar-refractivity contribution in [2.75, 3.05) is 6.61 Å². The third-order valence-electron chi connectivity index (χ3n) is 8.05. The van der Waals surface area contributed by atoms with E-state index in [0.717, 1.165) is 24.3 Å². The number of carbonyl (C=O) groups is 2. The summed E-state index contributed by atoms with van der Waals surface area (Å²) in [7, 11) is 0. The number of alkyl halides is 10. The number of H-pyrrole nitrogens is 1. The third-order valence-corrected chi connectivity index (χ3v) is 8.05. The van der Waals surface area contributed by atoms with Crippen LogP contribution in [0.2, 0.25) is 0 Å². The smallest absolute Gasteiger partial charge is 0.416 e. The monoisotopic (exact) mass is 683 g/mol. The Bertz CT molecular complexity index is 1630. The van der Waals surface area contributed by atoms with Gasteiger partial charge in [-0.15, -0.1) is 0 Å². The minimum absolute atomic E-state index is 0.0182. The van der Waals surface area contributed by atoms with E-state index in [9.17, 15) is 53.5 Å². The molecule has 18 heteroatoms. The van der Waals surface area contributed by atoms with E-state index in [0.29, 0.717) is 0 Å². The molecule has 0 radical (unpaired) electrons. The number of nitrogens with one attached hydrogen (secondary N) is 3. The van der Waals surface area contributed by atoms with Crippen molar-refractivity contribution in [2.24, 2.45) is 11.8 Å². The summed E-state index contributed by atoms with van der Waals surface area (Å²) in [5, 5.41) is 4.85. The second-order valence-electron chi connectivity index (χ2n) is 11.6. The van der Waals surface area contributed by atoms with Crippen LogP contribution in [0.1, 0.15) is 65.0 Å². The van der Waals surface area contributed by atoms with Gasteiger partial charge in [0.05, 0.1) is 17.0 Å². The number of aromatic amines is 1. The molecule has 1 atom stereocenters. The van der Waals surface area contributed by atoms with Crippen LogP contribution in [0, 0.1) is 11.8 Å². The Morgan fingerprint density at radius 3 is 2.30 bits per heavy atom. The molecule has 2 saturated carbocycles. The minimum Gasteiger partial charge on any atom is -0.471 e. The van der Waals surface area contributed by atoms with Gasteiger partial charge in [0, 0.05) is 25.4 Å². The van der Waals surface area contributed by atoms with Gasteiger partial charge in [-0.3, -0.25) is 9.59 Å². The van der Waals surface area contributed by atoms with Crippen molar-refractivity contribution in [3.8, 4) is 5.88 Å². The molecule has 2 fully saturated rings. The van der Waals surface area contributed by atoms with Gasteiger partial charge in [-0.05, 0) is 48.9 Å². The maximum atomic E-state index is 13.8. The van der Waals surface area contributed by atoms with Crippen molar-refractivity contribution in [2.45, 2.75) is 75.8 Å². The summed E-state index contributed by atoms with van der Waals surface area (Å²) in [4.78, 5) is 35.9. The number of aromatic nitrogens is 3. The van der Waals surface area contributed by atoms with Gasteiger partial charge in [0.1, 0.15) is 17.3 Å². The van der Waals surface area contributed by atoms with Crippen LogP contribution in [0.25, 0.3) is 11.2 Å². The molecule has 3 N–H and O–H groups in total. The Kier molecular flexibility index (Phi) is 9.34. The predicted octanol–water partition coefficient (Wildman–Crippen LogP) is 6.33. The number of pyridine rings is 1. The minimum atomic E-state index is -4.81. The number of imidazole rings is 1. The number of ether oxygens (including phenoxy) is 1. The Hall–Kier alpha value is -4.12. The Balaban J connectivity index is 1.37. The average molecular weight is 684 g/mol. The van der Waals surface area contributed by atoms with E-state index in [4.69, 9.17) is 4.74 Å². The summed E-state index contributed by atoms with van der Waals surface area (Å²) < 4.78 is 138. The zero-order chi connectivity index (χ0) is 34.3. The molecule has 0 saturated heterocycles. The number of halogens is 10. The van der Waals surface area contributed by atoms with Crippen LogP contribution in [-0.4, -0.2) is 57.9 Å². The molecule has 1 unspecified atom stereocenters. The van der Waals surface area contributed by atoms with E-state index in [1.165, 1.54) is 0 Å². The van der Waals surface area contributed by atoms with Crippen molar-refractivity contribution >= 4 is 23.0 Å². The molecule has 8 nitrogen and oxygen atoms in total. The highest BCUT2D eigenvalue weighted by Gasteiger charge is 2.61. The second kappa shape index (κ2) is 12.8. The number of carbonyl (C=O) groups excluding carboxylic acids is 2. The van der Waals surface area contributed by atoms with E-state index in [1.54, 1.807) is 0 Å². The number of hydrogen-bond donors (Lipinski definition) is 3. The van der Waals surface area contributed by atoms with Gasteiger partial charge in [-0.1, -0.05) is 12.1 Å². The van der Waals surface area contributed by atoms with Gasteiger partial charge >= 0.3 is 12.4 Å². The molecule has 2 aromatic heterocycles. The highest BCUT2D eigenvalue weighted by molar-refractivity contribution is 5.99. The van der Waals surface area contributed by atoms with Gasteiger partial charge < -0.3 is 20.4 Å². The van der Waals surface area contributed by atoms with Crippen LogP contribution >= 0.6 is 0 Å². The summed E-state index contributed by atoms with van der Waals surface area (Å²) in [6.07, 6.45) is -13.6. The molecule has 2 heterocycles. The van der Waals surface area contributed by atoms with E-state index >= 15 is 0 Å². The molecule has 0 bridgehead atoms. The molecule has 2 amide bonds. The summed E-state index contributed by atoms with van der Waals surface area (Å²) in [5.74, 6) is -8.56. The predicted molar refractivity (Wildman–Crippen MR) is 144 cm³/mol. The van der Waals surface area contributed by atoms with Crippen LogP contribution in [-0.2, 0) is 23.9 Å². The van der Waals surface area contributed by atoms with Gasteiger partial charge in [-0.25, -0.2) is 22.5 Å². The number of rotatable bonds is 10. The number of fused-ring (bicyclic) bond motifs is 1. The molecular formula is C29H27F10N5O3. The van der Waals surface area contributed by atoms with Crippen molar-refractivity contribution < 1.29 is 58.2 Å². The first-order valence-corrected chi connectivity index (χ1v) is 14.4. The van der Waals surface area contributed by atoms with Crippen molar-refractivity contribution in [1.82, 2.24) is 25.6 Å². The normalized spacial score (nSPS) is 21.1. The lowest BCUT2D eigenvalue weighted by atomic mass is 9.85. The third kappa shape index (κ3) is 8.25. The van der Waals surface area contributed by atoms with E-state index < -0.39 is 85.3 Å². The first-order valence-electron chi connectivity index (χ1n) is 14.4. The number of hydrogen-bond acceptors (Lipinski definition) is 5. The molecule has 5 rings (SSSR count). The lowest BCUT2D eigenvalue weighted by Gasteiger charge is -2.30. The first kappa shape index (κ1) is 34.2. The Morgan fingerprint density at radius 2 is 1.70 bits per heavy atom. The first-order chi connectivity index (χ1) is 21.9. The highest BCUT2D eigenvalue weighted by atomic mass is 19.4. The number of nitrogens with zero attached hydrogens (tertiary/aromatic N) is 2. The van der Waals surface area contributed by atoms with E-state index in [-0.39, 0.29) is 65.9 Å². The lowest BCUT2D eigenvalue weighted by molar-refractivity contribution is -0.182. The molecule has 2 aliphatic rings. The molecule has 3 aromatic rings. The molecule has 0 aliphatic heterocycles. The Labute approximate surface area is 259 Å². The van der Waals surface area contributed by atoms with Crippen molar-refractivity contribution in [3.05, 3.63) is 52.3 Å². The second-order valence-corrected chi connectivity index (χ2v) is 11.6. The summed E-state index contributed by atoms with van der Waals surface area (Å²) in [5.41, 5.74) is -1.67. The average Bonchev–Trinajstić information content (AvgIpc) is 3.44. The molecule has 1 aromatic carbocycles. The van der Waals surface area contributed by atoms with E-state index in [1.807, 2.05) is 0 Å². The van der Waals surface area contributed by atoms with Crippen LogP contribution in [0.5, 0.6) is 5.88 Å². The maximum Gasteiger partial charge on any atom is 0.416 e. The standard InChI is InChI=1S/C29H27F10N5O3/c30-21(31)12-47-26-17(24(45)41-16-4-2-15(3-5-16)28(34,35)36)9-20-23(44-26)43-22(42-20)8-14-7-13(1-6-18(14)29(37,38)39)11-40-25(46)19-10-27(19,32)33/h1,6-7,9,15-16,19,21H,2-5,8,10-12H2,(H,40,46)(H,41,45)(H,42,43,44). The molecule has 0 spiro atoms. The van der Waals surface area contributed by atoms with Crippen LogP contribution in [0.3, 0.4) is 0 Å². The van der Waals surface area contributed by atoms with Gasteiger partial charge in [0.2, 0.25) is 11.8 Å². The highest BCUT2D eigenvalue weighted by Crippen LogP contribution is 2.48. The summed E-state index contributed by atoms with van der Waals surface area (Å²) in [6, 6.07) is 3.48. The fourth-order valence-corrected chi connectivity index (χ4v) is 5.47. The molecular weight excluding hydrogens is 656 g/mol. The number of benzene rings is 1. The molecule has 256 valence electrons. The Morgan fingerprint density at radius 1 is 1.02 bits per heavy atom. The topological polar surface area (TPSA) is 109 Å². The van der Waals surface area contributed by atoms with Crippen molar-refractivity contribution in [3.63, 3.8) is 0 Å². The zero-order valence-corrected chi connectivity index (χ0v) is 24.2. The van der Waals surface area contributed by atoms with Gasteiger partial charge in [-0.2, -0.15) is 31.3 Å². The molecule has 2 aliphatic carbocycles. The maximum absolute atomic E-state index is 13.8. The number of amides is 2. The lowest BCUT2D eigenvalue weighted by Crippen LogP contribution is -2.40. The largest absolute Gasteiger partial charge is 0.471 e. The fourth-order valence-electron chi connectivity index (χ4n) is 5.47. The summed E-state index contributed by atoms with van der Waals surface area (Å²) in [6.45, 7) is -1.48. The van der Waals surface area contributed by atoms with Crippen LogP contribution in [0.4, 0.5) is 43.9 Å². The van der Waals surface area contributed by atoms with Crippen molar-refractivity contribution in [1.29, 1.82) is 0 Å². The fraction of sp³-hybridized carbons (Fsp3) is 0.517. The quantitative estimate of drug-likeness (QED) is 0.217. The van der Waals surface area contributed by atoms with Crippen LogP contribution in [0.15, 0.2) is 24.3 Å². The zero-order valence-electron chi connectivity index (χ0n) is 24.2. The summed E-state index contributed by atoms with van der Waals surface area (Å²) >= 11 is 0. The van der Waals surface area contributed by atoms with Gasteiger partial charge in [0.25, 0.3) is 18.3 Å². The van der Waals surface area contributed by atoms with Crippen LogP contribution < -0.4 is 15.4 Å². The van der Waals surface area contributed by atoms with Gasteiger partial charge in [0.15, 0.2) is 12.3 Å². The van der Waals surface area contributed by atoms with E-state index in [2.05, 4.69) is 25.6 Å². The molecule has 47 heavy (non-hydrogen) atoms.